The number of carbonyl (C=O) groups is 4. The number of ether oxygens (including phenoxy) is 4. The van der Waals surface area contributed by atoms with Crippen LogP contribution in [0, 0.1) is 0 Å². The standard InChI is InChI=1S/C39H59N3O12S/c43-34(16-13-22-51-24-27-54-31-38(46)47)30-53-26-25-52-23-21-40-39(48)33-19-20-36(41-29-33)42-55(49,50)35-17-12-15-32(28-35)14-10-8-6-4-2-1-3-5-7-9-11-18-37(44)45/h12,15,17,19-20,28-29H,1-11,13-14,16,18,21-27,30-31H2,(H,40,48)(H,41,42)(H,44,45)(H,46,47). The van der Waals surface area contributed by atoms with E-state index in [-0.39, 0.29) is 81.3 Å². The van der Waals surface area contributed by atoms with E-state index in [0.29, 0.717) is 19.4 Å². The van der Waals surface area contributed by atoms with Gasteiger partial charge >= 0.3 is 11.9 Å². The topological polar surface area (TPSA) is 217 Å². The molecule has 4 N–H and O–H groups in total. The highest BCUT2D eigenvalue weighted by molar-refractivity contribution is 7.92. The summed E-state index contributed by atoms with van der Waals surface area (Å²) in [5.41, 5.74) is 1.21. The highest BCUT2D eigenvalue weighted by Crippen LogP contribution is 2.18. The van der Waals surface area contributed by atoms with Gasteiger partial charge in [-0.05, 0) is 55.5 Å². The number of ketones is 1. The number of unbranched alkanes of at least 4 members (excludes halogenated alkanes) is 10. The normalized spacial score (nSPS) is 11.3. The van der Waals surface area contributed by atoms with Crippen molar-refractivity contribution in [3.05, 3.63) is 53.7 Å². The summed E-state index contributed by atoms with van der Waals surface area (Å²) >= 11 is 0. The van der Waals surface area contributed by atoms with Gasteiger partial charge in [0.05, 0.1) is 43.5 Å². The maximum atomic E-state index is 13.1. The number of aromatic nitrogens is 1. The van der Waals surface area contributed by atoms with Crippen LogP contribution in [0.1, 0.15) is 106 Å². The number of hydrogen-bond acceptors (Lipinski definition) is 11. The number of sulfonamides is 1. The Kier molecular flexibility index (Phi) is 25.2. The highest BCUT2D eigenvalue weighted by atomic mass is 32.2. The third-order valence-electron chi connectivity index (χ3n) is 8.34. The number of nitrogens with one attached hydrogen (secondary N) is 2. The van der Waals surface area contributed by atoms with E-state index in [0.717, 1.165) is 56.9 Å². The van der Waals surface area contributed by atoms with Gasteiger partial charge in [-0.25, -0.2) is 18.2 Å². The lowest BCUT2D eigenvalue weighted by Gasteiger charge is -2.10. The summed E-state index contributed by atoms with van der Waals surface area (Å²) in [5, 5.41) is 19.8. The Hall–Kier alpha value is -3.96. The zero-order chi connectivity index (χ0) is 40.0. The molecule has 0 aliphatic heterocycles. The summed E-state index contributed by atoms with van der Waals surface area (Å²) in [5.74, 6) is -2.13. The van der Waals surface area contributed by atoms with Gasteiger partial charge in [0.25, 0.3) is 15.9 Å². The number of Topliss-reactive ketones (excluding diaryl/α,β-unsaturated/α-hetero) is 1. The highest BCUT2D eigenvalue weighted by Gasteiger charge is 2.16. The molecule has 0 spiro atoms. The molecule has 1 aromatic heterocycles. The van der Waals surface area contributed by atoms with Crippen LogP contribution in [-0.2, 0) is 49.8 Å². The Morgan fingerprint density at radius 3 is 1.89 bits per heavy atom. The van der Waals surface area contributed by atoms with E-state index in [9.17, 15) is 27.6 Å². The molecule has 1 heterocycles. The van der Waals surface area contributed by atoms with Crippen molar-refractivity contribution in [2.75, 3.05) is 64.1 Å². The molecule has 0 saturated heterocycles. The minimum absolute atomic E-state index is 0.0437. The summed E-state index contributed by atoms with van der Waals surface area (Å²) in [6.45, 7) is 1.28. The number of hydrogen-bond donors (Lipinski definition) is 4. The van der Waals surface area contributed by atoms with Gasteiger partial charge in [-0.1, -0.05) is 69.9 Å². The maximum Gasteiger partial charge on any atom is 0.329 e. The number of rotatable bonds is 35. The van der Waals surface area contributed by atoms with E-state index in [2.05, 4.69) is 15.0 Å². The predicted octanol–water partition coefficient (Wildman–Crippen LogP) is 5.42. The van der Waals surface area contributed by atoms with Crippen LogP contribution in [0.5, 0.6) is 0 Å². The summed E-state index contributed by atoms with van der Waals surface area (Å²) in [4.78, 5) is 49.5. The van der Waals surface area contributed by atoms with Gasteiger partial charge in [0, 0.05) is 32.2 Å². The minimum atomic E-state index is -3.88. The predicted molar refractivity (Wildman–Crippen MR) is 206 cm³/mol. The number of pyridine rings is 1. The molecule has 16 heteroatoms. The minimum Gasteiger partial charge on any atom is -0.481 e. The summed E-state index contributed by atoms with van der Waals surface area (Å²) in [7, 11) is -3.88. The largest absolute Gasteiger partial charge is 0.481 e. The first-order valence-electron chi connectivity index (χ1n) is 19.2. The number of aryl methyl sites for hydroxylation is 1. The Morgan fingerprint density at radius 1 is 0.636 bits per heavy atom. The molecule has 1 amide bonds. The molecule has 0 aliphatic carbocycles. The van der Waals surface area contributed by atoms with Gasteiger partial charge < -0.3 is 34.5 Å². The molecule has 0 fully saturated rings. The van der Waals surface area contributed by atoms with E-state index in [1.807, 2.05) is 6.07 Å². The van der Waals surface area contributed by atoms with E-state index in [1.54, 1.807) is 18.2 Å². The van der Waals surface area contributed by atoms with Crippen molar-refractivity contribution in [3.8, 4) is 0 Å². The van der Waals surface area contributed by atoms with Crippen molar-refractivity contribution in [1.29, 1.82) is 0 Å². The lowest BCUT2D eigenvalue weighted by atomic mass is 10.0. The third-order valence-corrected chi connectivity index (χ3v) is 9.69. The number of carboxylic acids is 2. The number of anilines is 1. The van der Waals surface area contributed by atoms with Crippen molar-refractivity contribution in [1.82, 2.24) is 10.3 Å². The van der Waals surface area contributed by atoms with Crippen LogP contribution >= 0.6 is 0 Å². The SMILES string of the molecule is O=C(O)CCCCCCCCCCCCCc1cccc(S(=O)(=O)Nc2ccc(C(=O)NCCOCCOCC(=O)CCCOCCOCC(=O)O)cn2)c1. The van der Waals surface area contributed by atoms with Gasteiger partial charge in [-0.2, -0.15) is 0 Å². The van der Waals surface area contributed by atoms with Crippen LogP contribution < -0.4 is 10.0 Å². The molecule has 0 saturated carbocycles. The van der Waals surface area contributed by atoms with Crippen molar-refractivity contribution in [3.63, 3.8) is 0 Å². The molecule has 308 valence electrons. The monoisotopic (exact) mass is 793 g/mol. The smallest absolute Gasteiger partial charge is 0.329 e. The second-order valence-corrected chi connectivity index (χ2v) is 14.8. The number of nitrogens with zero attached hydrogens (tertiary/aromatic N) is 1. The Bertz CT molecular complexity index is 1510. The zero-order valence-corrected chi connectivity index (χ0v) is 32.7. The summed E-state index contributed by atoms with van der Waals surface area (Å²) in [6.07, 6.45) is 15.2. The fourth-order valence-electron chi connectivity index (χ4n) is 5.42. The van der Waals surface area contributed by atoms with Crippen LogP contribution in [-0.4, -0.2) is 107 Å². The summed E-state index contributed by atoms with van der Waals surface area (Å²) < 4.78 is 49.5. The molecule has 0 aliphatic rings. The average molecular weight is 794 g/mol. The fraction of sp³-hybridized carbons (Fsp3) is 0.615. The number of benzene rings is 1. The molecule has 2 rings (SSSR count). The van der Waals surface area contributed by atoms with E-state index < -0.39 is 27.9 Å². The first-order chi connectivity index (χ1) is 26.6. The Balaban J connectivity index is 1.54. The second-order valence-electron chi connectivity index (χ2n) is 13.1. The van der Waals surface area contributed by atoms with Crippen molar-refractivity contribution >= 4 is 39.5 Å². The van der Waals surface area contributed by atoms with E-state index in [4.69, 9.17) is 29.2 Å². The number of carboxylic acid groups (broad SMARTS) is 2. The van der Waals surface area contributed by atoms with Crippen molar-refractivity contribution in [2.45, 2.75) is 101 Å². The van der Waals surface area contributed by atoms with E-state index >= 15 is 0 Å². The van der Waals surface area contributed by atoms with Gasteiger partial charge in [-0.15, -0.1) is 0 Å². The fourth-order valence-corrected chi connectivity index (χ4v) is 6.50. The molecular formula is C39H59N3O12S. The quantitative estimate of drug-likeness (QED) is 0.0642. The van der Waals surface area contributed by atoms with Crippen molar-refractivity contribution in [2.24, 2.45) is 0 Å². The molecule has 0 radical (unpaired) electrons. The van der Waals surface area contributed by atoms with Gasteiger partial charge in [0.2, 0.25) is 0 Å². The number of aliphatic carboxylic acids is 2. The van der Waals surface area contributed by atoms with Crippen LogP contribution in [0.25, 0.3) is 0 Å². The Labute approximate surface area is 324 Å². The molecular weight excluding hydrogens is 735 g/mol. The van der Waals surface area contributed by atoms with E-state index in [1.165, 1.54) is 44.0 Å². The number of amides is 1. The first kappa shape index (κ1) is 47.2. The van der Waals surface area contributed by atoms with Gasteiger partial charge in [-0.3, -0.25) is 19.1 Å². The van der Waals surface area contributed by atoms with Crippen molar-refractivity contribution < 1.29 is 56.8 Å². The average Bonchev–Trinajstić information content (AvgIpc) is 3.15. The maximum absolute atomic E-state index is 13.1. The third kappa shape index (κ3) is 24.2. The molecule has 0 bridgehead atoms. The van der Waals surface area contributed by atoms with Gasteiger partial charge in [0.1, 0.15) is 19.0 Å². The zero-order valence-electron chi connectivity index (χ0n) is 31.8. The molecule has 2 aromatic rings. The number of carbonyl (C=O) groups excluding carboxylic acids is 2. The molecule has 55 heavy (non-hydrogen) atoms. The molecule has 0 atom stereocenters. The van der Waals surface area contributed by atoms with Crippen LogP contribution in [0.3, 0.4) is 0 Å². The lowest BCUT2D eigenvalue weighted by Crippen LogP contribution is -2.28. The first-order valence-corrected chi connectivity index (χ1v) is 20.7. The van der Waals surface area contributed by atoms with Crippen LogP contribution in [0.2, 0.25) is 0 Å². The lowest BCUT2D eigenvalue weighted by molar-refractivity contribution is -0.143. The van der Waals surface area contributed by atoms with Crippen LogP contribution in [0.15, 0.2) is 47.5 Å². The van der Waals surface area contributed by atoms with Gasteiger partial charge in [0.15, 0.2) is 5.78 Å². The molecule has 1 aromatic carbocycles. The Morgan fingerprint density at radius 2 is 1.25 bits per heavy atom. The molecule has 0 unspecified atom stereocenters. The van der Waals surface area contributed by atoms with Crippen LogP contribution in [0.4, 0.5) is 5.82 Å². The molecule has 15 nitrogen and oxygen atoms in total. The second kappa shape index (κ2) is 29.3. The summed E-state index contributed by atoms with van der Waals surface area (Å²) in [6, 6.07) is 9.81.